The zero-order chi connectivity index (χ0) is 11.5. The summed E-state index contributed by atoms with van der Waals surface area (Å²) in [4.78, 5) is 0. The van der Waals surface area contributed by atoms with Crippen LogP contribution in [0.4, 0.5) is 13.2 Å². The molecule has 0 saturated heterocycles. The molecular weight excluding hydrogens is 209 g/mol. The van der Waals surface area contributed by atoms with Crippen LogP contribution < -0.4 is 5.32 Å². The van der Waals surface area contributed by atoms with Gasteiger partial charge in [-0.25, -0.2) is 0 Å². The molecule has 1 N–H and O–H groups in total. The summed E-state index contributed by atoms with van der Waals surface area (Å²) in [5.41, 5.74) is 0. The Morgan fingerprint density at radius 2 is 2.27 bits per heavy atom. The molecular formula is C9H9F3N2O. The lowest BCUT2D eigenvalue weighted by atomic mass is 10.2. The van der Waals surface area contributed by atoms with Crippen molar-refractivity contribution in [1.29, 1.82) is 5.26 Å². The first kappa shape index (κ1) is 11.4. The van der Waals surface area contributed by atoms with Crippen molar-refractivity contribution in [2.75, 3.05) is 0 Å². The summed E-state index contributed by atoms with van der Waals surface area (Å²) < 4.78 is 41.0. The minimum Gasteiger partial charge on any atom is -0.481 e. The third-order valence-corrected chi connectivity index (χ3v) is 1.77. The molecule has 1 rings (SSSR count). The van der Waals surface area contributed by atoms with Crippen LogP contribution in [-0.2, 0) is 4.74 Å². The van der Waals surface area contributed by atoms with Crippen LogP contribution >= 0.6 is 0 Å². The maximum Gasteiger partial charge on any atom is 0.425 e. The van der Waals surface area contributed by atoms with Gasteiger partial charge in [0, 0.05) is 6.20 Å². The summed E-state index contributed by atoms with van der Waals surface area (Å²) in [6.07, 6.45) is -2.27. The number of allylic oxidation sites excluding steroid dienone is 1. The molecule has 0 fully saturated rings. The van der Waals surface area contributed by atoms with Gasteiger partial charge in [-0.05, 0) is 19.1 Å². The normalized spacial score (nSPS) is 22.3. The number of nitrogens with one attached hydrogen (secondary N) is 1. The van der Waals surface area contributed by atoms with Crippen molar-refractivity contribution < 1.29 is 17.9 Å². The Labute approximate surface area is 84.8 Å². The highest BCUT2D eigenvalue weighted by Gasteiger charge is 2.38. The molecule has 1 aliphatic rings. The molecule has 3 nitrogen and oxygen atoms in total. The molecule has 1 aliphatic heterocycles. The van der Waals surface area contributed by atoms with Crippen molar-refractivity contribution in [2.24, 2.45) is 0 Å². The van der Waals surface area contributed by atoms with Gasteiger partial charge in [-0.15, -0.1) is 0 Å². The summed E-state index contributed by atoms with van der Waals surface area (Å²) in [5, 5.41) is 11.2. The fourth-order valence-electron chi connectivity index (χ4n) is 0.926. The van der Waals surface area contributed by atoms with Gasteiger partial charge in [0.05, 0.1) is 6.07 Å². The molecule has 1 heterocycles. The zero-order valence-electron chi connectivity index (χ0n) is 7.88. The fourth-order valence-corrected chi connectivity index (χ4v) is 0.926. The van der Waals surface area contributed by atoms with Crippen molar-refractivity contribution in [3.63, 3.8) is 0 Å². The van der Waals surface area contributed by atoms with Gasteiger partial charge in [0.25, 0.3) is 0 Å². The number of hydrogen-bond donors (Lipinski definition) is 1. The molecule has 0 aliphatic carbocycles. The van der Waals surface area contributed by atoms with Crippen molar-refractivity contribution in [3.05, 3.63) is 24.1 Å². The second-order valence-corrected chi connectivity index (χ2v) is 2.98. The largest absolute Gasteiger partial charge is 0.481 e. The van der Waals surface area contributed by atoms with E-state index in [9.17, 15) is 13.2 Å². The number of hydrogen-bond acceptors (Lipinski definition) is 3. The van der Waals surface area contributed by atoms with Gasteiger partial charge >= 0.3 is 6.18 Å². The highest BCUT2D eigenvalue weighted by molar-refractivity contribution is 5.24. The number of rotatable bonds is 2. The van der Waals surface area contributed by atoms with E-state index in [2.05, 4.69) is 10.1 Å². The van der Waals surface area contributed by atoms with E-state index >= 15 is 0 Å². The average molecular weight is 218 g/mol. The van der Waals surface area contributed by atoms with E-state index in [-0.39, 0.29) is 5.76 Å². The first-order chi connectivity index (χ1) is 6.93. The summed E-state index contributed by atoms with van der Waals surface area (Å²) in [5.74, 6) is 0.0464. The number of nitriles is 1. The lowest BCUT2D eigenvalue weighted by molar-refractivity contribution is -0.202. The third-order valence-electron chi connectivity index (χ3n) is 1.77. The van der Waals surface area contributed by atoms with E-state index in [1.165, 1.54) is 18.4 Å². The molecule has 0 bridgehead atoms. The Bertz CT molecular complexity index is 327. The Morgan fingerprint density at radius 3 is 2.80 bits per heavy atom. The smallest absolute Gasteiger partial charge is 0.425 e. The van der Waals surface area contributed by atoms with Gasteiger partial charge in [0.15, 0.2) is 6.10 Å². The van der Waals surface area contributed by atoms with E-state index < -0.39 is 18.3 Å². The molecule has 0 aromatic rings. The number of dihydropyridines is 1. The van der Waals surface area contributed by atoms with Crippen LogP contribution in [0.2, 0.25) is 0 Å². The van der Waals surface area contributed by atoms with Crippen molar-refractivity contribution in [1.82, 2.24) is 5.32 Å². The SMILES string of the molecule is CC(OC1=CC(C#N)NC=C1)C(F)(F)F. The molecule has 82 valence electrons. The van der Waals surface area contributed by atoms with Crippen LogP contribution in [-0.4, -0.2) is 18.3 Å². The van der Waals surface area contributed by atoms with E-state index in [1.54, 1.807) is 0 Å². The summed E-state index contributed by atoms with van der Waals surface area (Å²) in [7, 11) is 0. The number of ether oxygens (including phenoxy) is 1. The average Bonchev–Trinajstić information content (AvgIpc) is 2.16. The first-order valence-electron chi connectivity index (χ1n) is 4.21. The van der Waals surface area contributed by atoms with Gasteiger partial charge in [-0.3, -0.25) is 0 Å². The van der Waals surface area contributed by atoms with Gasteiger partial charge in [0.2, 0.25) is 0 Å². The summed E-state index contributed by atoms with van der Waals surface area (Å²) >= 11 is 0. The first-order valence-corrected chi connectivity index (χ1v) is 4.21. The molecule has 15 heavy (non-hydrogen) atoms. The highest BCUT2D eigenvalue weighted by Crippen LogP contribution is 2.25. The summed E-state index contributed by atoms with van der Waals surface area (Å²) in [6, 6.07) is 1.20. The highest BCUT2D eigenvalue weighted by atomic mass is 19.4. The van der Waals surface area contributed by atoms with Crippen molar-refractivity contribution >= 4 is 0 Å². The number of nitrogens with zero attached hydrogens (tertiary/aromatic N) is 1. The number of halogens is 3. The minimum atomic E-state index is -4.40. The van der Waals surface area contributed by atoms with E-state index in [1.807, 2.05) is 6.07 Å². The zero-order valence-corrected chi connectivity index (χ0v) is 7.88. The van der Waals surface area contributed by atoms with E-state index in [0.717, 1.165) is 6.92 Å². The maximum atomic E-state index is 12.1. The maximum absolute atomic E-state index is 12.1. The van der Waals surface area contributed by atoms with Crippen LogP contribution in [0.15, 0.2) is 24.1 Å². The minimum absolute atomic E-state index is 0.0464. The van der Waals surface area contributed by atoms with Gasteiger partial charge < -0.3 is 10.1 Å². The quantitative estimate of drug-likeness (QED) is 0.769. The van der Waals surface area contributed by atoms with Gasteiger partial charge in [-0.1, -0.05) is 0 Å². The van der Waals surface area contributed by atoms with Gasteiger partial charge in [-0.2, -0.15) is 18.4 Å². The lowest BCUT2D eigenvalue weighted by Gasteiger charge is -2.20. The monoisotopic (exact) mass is 218 g/mol. The standard InChI is InChI=1S/C9H9F3N2O/c1-6(9(10,11)12)15-8-2-3-14-7(4-8)5-13/h2-4,6-7,14H,1H3. The Balaban J connectivity index is 2.63. The molecule has 0 aromatic carbocycles. The van der Waals surface area contributed by atoms with Crippen LogP contribution in [0.3, 0.4) is 0 Å². The Hall–Kier alpha value is -1.64. The molecule has 2 atom stereocenters. The Kier molecular flexibility index (Phi) is 3.24. The lowest BCUT2D eigenvalue weighted by Crippen LogP contribution is -2.30. The van der Waals surface area contributed by atoms with E-state index in [0.29, 0.717) is 0 Å². The molecule has 0 saturated carbocycles. The van der Waals surface area contributed by atoms with Crippen LogP contribution in [0, 0.1) is 11.3 Å². The molecule has 2 unspecified atom stereocenters. The van der Waals surface area contributed by atoms with Crippen molar-refractivity contribution in [3.8, 4) is 6.07 Å². The molecule has 0 aromatic heterocycles. The number of alkyl halides is 3. The molecule has 0 radical (unpaired) electrons. The second-order valence-electron chi connectivity index (χ2n) is 2.98. The van der Waals surface area contributed by atoms with Crippen LogP contribution in [0.5, 0.6) is 0 Å². The van der Waals surface area contributed by atoms with Crippen LogP contribution in [0.1, 0.15) is 6.92 Å². The molecule has 0 amide bonds. The van der Waals surface area contributed by atoms with Gasteiger partial charge in [0.1, 0.15) is 11.8 Å². The predicted octanol–water partition coefficient (Wildman–Crippen LogP) is 1.85. The third kappa shape index (κ3) is 3.20. The summed E-state index contributed by atoms with van der Waals surface area (Å²) in [6.45, 7) is 0.915. The molecule has 6 heteroatoms. The second kappa shape index (κ2) is 4.26. The molecule has 0 spiro atoms. The topological polar surface area (TPSA) is 45.0 Å². The van der Waals surface area contributed by atoms with Crippen LogP contribution in [0.25, 0.3) is 0 Å². The Morgan fingerprint density at radius 1 is 1.60 bits per heavy atom. The predicted molar refractivity (Wildman–Crippen MR) is 46.4 cm³/mol. The van der Waals surface area contributed by atoms with Crippen molar-refractivity contribution in [2.45, 2.75) is 25.2 Å². The fraction of sp³-hybridized carbons (Fsp3) is 0.444. The van der Waals surface area contributed by atoms with E-state index in [4.69, 9.17) is 5.26 Å².